The third-order valence-electron chi connectivity index (χ3n) is 5.26. The minimum Gasteiger partial charge on any atom is -0.396 e. The minimum atomic E-state index is 0.361. The number of aliphatic hydroxyl groups is 1. The van der Waals surface area contributed by atoms with E-state index in [4.69, 9.17) is 0 Å². The predicted octanol–water partition coefficient (Wildman–Crippen LogP) is 1.85. The number of para-hydroxylation sites is 1. The molecule has 3 atom stereocenters. The van der Waals surface area contributed by atoms with Crippen molar-refractivity contribution in [2.24, 2.45) is 5.92 Å². The number of aliphatic hydroxyl groups excluding tert-OH is 1. The minimum absolute atomic E-state index is 0.361. The van der Waals surface area contributed by atoms with Crippen LogP contribution in [0.5, 0.6) is 0 Å². The molecular formula is C16H22N2O. The topological polar surface area (TPSA) is 35.5 Å². The van der Waals surface area contributed by atoms with Crippen molar-refractivity contribution in [3.05, 3.63) is 29.3 Å². The van der Waals surface area contributed by atoms with Gasteiger partial charge in [-0.25, -0.2) is 0 Å². The molecule has 102 valence electrons. The first-order chi connectivity index (χ1) is 9.38. The molecule has 1 aliphatic carbocycles. The molecule has 3 nitrogen and oxygen atoms in total. The Balaban J connectivity index is 1.78. The van der Waals surface area contributed by atoms with Gasteiger partial charge in [-0.1, -0.05) is 18.2 Å². The molecule has 1 aromatic rings. The van der Waals surface area contributed by atoms with E-state index < -0.39 is 0 Å². The Morgan fingerprint density at radius 3 is 3.16 bits per heavy atom. The van der Waals surface area contributed by atoms with E-state index in [1.54, 1.807) is 5.56 Å². The van der Waals surface area contributed by atoms with Gasteiger partial charge in [-0.3, -0.25) is 0 Å². The Morgan fingerprint density at radius 2 is 2.26 bits per heavy atom. The van der Waals surface area contributed by atoms with Crippen LogP contribution in [0.2, 0.25) is 0 Å². The van der Waals surface area contributed by atoms with Crippen molar-refractivity contribution in [1.29, 1.82) is 0 Å². The number of anilines is 1. The molecule has 4 rings (SSSR count). The van der Waals surface area contributed by atoms with Gasteiger partial charge in [0.2, 0.25) is 0 Å². The quantitative estimate of drug-likeness (QED) is 0.807. The van der Waals surface area contributed by atoms with Crippen molar-refractivity contribution >= 4 is 5.69 Å². The second-order valence-electron chi connectivity index (χ2n) is 6.26. The molecule has 1 aromatic carbocycles. The summed E-state index contributed by atoms with van der Waals surface area (Å²) in [6.07, 6.45) is 3.59. The fourth-order valence-electron chi connectivity index (χ4n) is 4.38. The summed E-state index contributed by atoms with van der Waals surface area (Å²) in [6.45, 7) is 3.58. The van der Waals surface area contributed by atoms with Crippen LogP contribution in [0.4, 0.5) is 5.69 Å². The van der Waals surface area contributed by atoms with Crippen molar-refractivity contribution in [2.75, 3.05) is 24.6 Å². The van der Waals surface area contributed by atoms with Gasteiger partial charge in [0.15, 0.2) is 0 Å². The van der Waals surface area contributed by atoms with E-state index in [-0.39, 0.29) is 0 Å². The maximum atomic E-state index is 9.47. The number of nitrogens with zero attached hydrogens (tertiary/aromatic N) is 1. The number of nitrogens with one attached hydrogen (secondary N) is 1. The first kappa shape index (κ1) is 11.7. The molecule has 3 aliphatic rings. The molecule has 2 N–H and O–H groups in total. The molecule has 19 heavy (non-hydrogen) atoms. The molecule has 1 fully saturated rings. The summed E-state index contributed by atoms with van der Waals surface area (Å²) in [7, 11) is 0. The highest BCUT2D eigenvalue weighted by molar-refractivity contribution is 5.67. The zero-order valence-electron chi connectivity index (χ0n) is 11.3. The second-order valence-corrected chi connectivity index (χ2v) is 6.26. The van der Waals surface area contributed by atoms with Gasteiger partial charge in [-0.15, -0.1) is 0 Å². The molecule has 0 aromatic heterocycles. The number of benzene rings is 1. The molecule has 0 bridgehead atoms. The molecule has 2 aliphatic heterocycles. The van der Waals surface area contributed by atoms with Gasteiger partial charge >= 0.3 is 0 Å². The number of hydrogen-bond donors (Lipinski definition) is 2. The van der Waals surface area contributed by atoms with E-state index in [1.807, 2.05) is 0 Å². The lowest BCUT2D eigenvalue weighted by atomic mass is 9.76. The third kappa shape index (κ3) is 1.72. The Hall–Kier alpha value is -1.06. The Labute approximate surface area is 114 Å². The summed E-state index contributed by atoms with van der Waals surface area (Å²) in [6, 6.07) is 7.48. The van der Waals surface area contributed by atoms with Gasteiger partial charge in [0.1, 0.15) is 0 Å². The molecule has 1 unspecified atom stereocenters. The highest BCUT2D eigenvalue weighted by Crippen LogP contribution is 2.50. The van der Waals surface area contributed by atoms with Gasteiger partial charge in [-0.2, -0.15) is 0 Å². The zero-order valence-corrected chi connectivity index (χ0v) is 11.3. The summed E-state index contributed by atoms with van der Waals surface area (Å²) in [4.78, 5) is 2.66. The van der Waals surface area contributed by atoms with Crippen molar-refractivity contribution < 1.29 is 5.11 Å². The highest BCUT2D eigenvalue weighted by Gasteiger charge is 2.43. The number of fused-ring (bicyclic) bond motifs is 3. The Bertz CT molecular complexity index is 488. The van der Waals surface area contributed by atoms with Gasteiger partial charge in [-0.05, 0) is 36.3 Å². The SMILES string of the molecule is OCC1CC[C@@H]2[C@H](C1)c1cccc3c1N2CCNC3. The molecule has 0 amide bonds. The van der Waals surface area contributed by atoms with Crippen LogP contribution in [0, 0.1) is 5.92 Å². The van der Waals surface area contributed by atoms with Crippen LogP contribution in [0.1, 0.15) is 36.3 Å². The standard InChI is InChI=1S/C16H22N2O/c19-10-11-4-5-15-14(8-11)13-3-1-2-12-9-17-6-7-18(15)16(12)13/h1-3,11,14-15,17,19H,4-10H2/t11?,14-,15-/m1/s1. The van der Waals surface area contributed by atoms with Crippen LogP contribution in [-0.4, -0.2) is 30.8 Å². The lowest BCUT2D eigenvalue weighted by molar-refractivity contribution is 0.172. The summed E-state index contributed by atoms with van der Waals surface area (Å²) in [5, 5.41) is 13.0. The van der Waals surface area contributed by atoms with Crippen LogP contribution in [-0.2, 0) is 6.54 Å². The molecule has 2 heterocycles. The Morgan fingerprint density at radius 1 is 1.32 bits per heavy atom. The lowest BCUT2D eigenvalue weighted by Crippen LogP contribution is -2.40. The average molecular weight is 258 g/mol. The monoisotopic (exact) mass is 258 g/mol. The molecule has 3 heteroatoms. The van der Waals surface area contributed by atoms with Crippen molar-refractivity contribution in [3.8, 4) is 0 Å². The second kappa shape index (κ2) is 4.50. The van der Waals surface area contributed by atoms with E-state index in [0.717, 1.165) is 19.6 Å². The maximum absolute atomic E-state index is 9.47. The van der Waals surface area contributed by atoms with Gasteiger partial charge in [0.25, 0.3) is 0 Å². The summed E-state index contributed by atoms with van der Waals surface area (Å²) in [5.74, 6) is 1.16. The van der Waals surface area contributed by atoms with Crippen LogP contribution < -0.4 is 10.2 Å². The van der Waals surface area contributed by atoms with E-state index in [2.05, 4.69) is 28.4 Å². The van der Waals surface area contributed by atoms with Crippen LogP contribution in [0.3, 0.4) is 0 Å². The fraction of sp³-hybridized carbons (Fsp3) is 0.625. The third-order valence-corrected chi connectivity index (χ3v) is 5.26. The van der Waals surface area contributed by atoms with Crippen LogP contribution in [0.25, 0.3) is 0 Å². The summed E-state index contributed by atoms with van der Waals surface area (Å²) in [5.41, 5.74) is 4.52. The van der Waals surface area contributed by atoms with Crippen molar-refractivity contribution in [1.82, 2.24) is 5.32 Å². The first-order valence-corrected chi connectivity index (χ1v) is 7.58. The van der Waals surface area contributed by atoms with Gasteiger partial charge < -0.3 is 15.3 Å². The predicted molar refractivity (Wildman–Crippen MR) is 76.5 cm³/mol. The van der Waals surface area contributed by atoms with E-state index >= 15 is 0 Å². The van der Waals surface area contributed by atoms with Gasteiger partial charge in [0, 0.05) is 43.9 Å². The summed E-state index contributed by atoms with van der Waals surface area (Å²) >= 11 is 0. The maximum Gasteiger partial charge on any atom is 0.0459 e. The molecule has 0 spiro atoms. The number of rotatable bonds is 1. The molecular weight excluding hydrogens is 236 g/mol. The fourth-order valence-corrected chi connectivity index (χ4v) is 4.38. The highest BCUT2D eigenvalue weighted by atomic mass is 16.3. The van der Waals surface area contributed by atoms with Crippen molar-refractivity contribution in [3.63, 3.8) is 0 Å². The smallest absolute Gasteiger partial charge is 0.0459 e. The van der Waals surface area contributed by atoms with E-state index in [0.29, 0.717) is 24.5 Å². The average Bonchev–Trinajstić information content (AvgIpc) is 2.62. The first-order valence-electron chi connectivity index (χ1n) is 7.58. The number of hydrogen-bond acceptors (Lipinski definition) is 3. The van der Waals surface area contributed by atoms with Crippen LogP contribution in [0.15, 0.2) is 18.2 Å². The lowest BCUT2D eigenvalue weighted by Gasteiger charge is -2.36. The molecule has 0 radical (unpaired) electrons. The van der Waals surface area contributed by atoms with Gasteiger partial charge in [0.05, 0.1) is 0 Å². The molecule has 1 saturated carbocycles. The van der Waals surface area contributed by atoms with E-state index in [9.17, 15) is 5.11 Å². The van der Waals surface area contributed by atoms with Crippen LogP contribution >= 0.6 is 0 Å². The summed E-state index contributed by atoms with van der Waals surface area (Å²) < 4.78 is 0. The molecule has 0 saturated heterocycles. The van der Waals surface area contributed by atoms with E-state index in [1.165, 1.54) is 30.5 Å². The Kier molecular flexibility index (Phi) is 2.78. The normalized spacial score (nSPS) is 32.7. The van der Waals surface area contributed by atoms with Crippen molar-refractivity contribution in [2.45, 2.75) is 37.8 Å². The zero-order chi connectivity index (χ0) is 12.8. The largest absolute Gasteiger partial charge is 0.396 e.